The lowest BCUT2D eigenvalue weighted by Gasteiger charge is -2.48. The first kappa shape index (κ1) is 16.9. The van der Waals surface area contributed by atoms with Crippen LogP contribution in [0.1, 0.15) is 37.1 Å². The van der Waals surface area contributed by atoms with E-state index in [2.05, 4.69) is 24.8 Å². The van der Waals surface area contributed by atoms with Crippen molar-refractivity contribution < 1.29 is 4.79 Å². The van der Waals surface area contributed by atoms with Crippen molar-refractivity contribution in [2.45, 2.75) is 39.2 Å². The number of piperidine rings is 2. The van der Waals surface area contributed by atoms with E-state index < -0.39 is 0 Å². The maximum atomic E-state index is 12.5. The lowest BCUT2D eigenvalue weighted by Crippen LogP contribution is -2.54. The van der Waals surface area contributed by atoms with Gasteiger partial charge in [0.1, 0.15) is 5.82 Å². The summed E-state index contributed by atoms with van der Waals surface area (Å²) in [6.45, 7) is 5.16. The van der Waals surface area contributed by atoms with Gasteiger partial charge in [0.15, 0.2) is 0 Å². The lowest BCUT2D eigenvalue weighted by atomic mass is 9.73. The first-order valence-corrected chi connectivity index (χ1v) is 9.20. The molecule has 2 aromatic rings. The maximum Gasteiger partial charge on any atom is 0.222 e. The third-order valence-electron chi connectivity index (χ3n) is 5.47. The molecule has 2 fully saturated rings. The van der Waals surface area contributed by atoms with Gasteiger partial charge >= 0.3 is 0 Å². The number of anilines is 1. The van der Waals surface area contributed by atoms with Crippen molar-refractivity contribution in [2.24, 2.45) is 5.41 Å². The zero-order valence-corrected chi connectivity index (χ0v) is 15.1. The number of likely N-dealkylation sites (tertiary alicyclic amines) is 1. The Morgan fingerprint density at radius 1 is 1.08 bits per heavy atom. The number of amides is 1. The van der Waals surface area contributed by atoms with Crippen LogP contribution in [0.4, 0.5) is 5.82 Å². The van der Waals surface area contributed by atoms with Gasteiger partial charge in [-0.25, -0.2) is 4.98 Å². The summed E-state index contributed by atoms with van der Waals surface area (Å²) in [6.07, 6.45) is 12.6. The second-order valence-corrected chi connectivity index (χ2v) is 7.49. The van der Waals surface area contributed by atoms with Crippen LogP contribution in [0.3, 0.4) is 0 Å². The van der Waals surface area contributed by atoms with Crippen LogP contribution >= 0.6 is 0 Å². The van der Waals surface area contributed by atoms with E-state index in [1.165, 1.54) is 0 Å². The summed E-state index contributed by atoms with van der Waals surface area (Å²) in [5.41, 5.74) is 1.87. The molecular formula is C19H24N6O. The normalized spacial score (nSPS) is 23.5. The van der Waals surface area contributed by atoms with E-state index >= 15 is 0 Å². The van der Waals surface area contributed by atoms with Crippen LogP contribution in [0.15, 0.2) is 31.0 Å². The minimum Gasteiger partial charge on any atom is -0.355 e. The molecule has 1 atom stereocenters. The highest BCUT2D eigenvalue weighted by Crippen LogP contribution is 2.40. The maximum absolute atomic E-state index is 12.5. The van der Waals surface area contributed by atoms with Crippen LogP contribution < -0.4 is 4.90 Å². The largest absolute Gasteiger partial charge is 0.355 e. The first-order valence-electron chi connectivity index (χ1n) is 9.20. The number of carbonyl (C=O) groups is 1. The quantitative estimate of drug-likeness (QED) is 0.841. The summed E-state index contributed by atoms with van der Waals surface area (Å²) in [5, 5.41) is 0. The number of aromatic nitrogens is 4. The van der Waals surface area contributed by atoms with Crippen molar-refractivity contribution in [2.75, 3.05) is 24.5 Å². The minimum absolute atomic E-state index is 0.127. The van der Waals surface area contributed by atoms with Gasteiger partial charge in [-0.1, -0.05) is 0 Å². The van der Waals surface area contributed by atoms with Gasteiger partial charge < -0.3 is 9.80 Å². The van der Waals surface area contributed by atoms with Gasteiger partial charge in [0.25, 0.3) is 0 Å². The van der Waals surface area contributed by atoms with Crippen LogP contribution in [-0.2, 0) is 11.3 Å². The van der Waals surface area contributed by atoms with Crippen molar-refractivity contribution >= 4 is 11.7 Å². The number of rotatable bonds is 3. The summed E-state index contributed by atoms with van der Waals surface area (Å²) in [7, 11) is 0. The van der Waals surface area contributed by atoms with Gasteiger partial charge in [0, 0.05) is 50.1 Å². The summed E-state index contributed by atoms with van der Waals surface area (Å²) < 4.78 is 0. The molecule has 7 heteroatoms. The molecule has 0 radical (unpaired) electrons. The molecule has 2 saturated heterocycles. The van der Waals surface area contributed by atoms with Gasteiger partial charge in [0.2, 0.25) is 5.91 Å². The van der Waals surface area contributed by atoms with Crippen LogP contribution in [0.25, 0.3) is 0 Å². The zero-order chi connectivity index (χ0) is 18.0. The third-order valence-corrected chi connectivity index (χ3v) is 5.47. The fourth-order valence-corrected chi connectivity index (χ4v) is 4.13. The molecule has 2 aromatic heterocycles. The molecule has 0 aromatic carbocycles. The fraction of sp³-hybridized carbons (Fsp3) is 0.526. The Balaban J connectivity index is 1.49. The Hall–Kier alpha value is -2.57. The highest BCUT2D eigenvalue weighted by Gasteiger charge is 2.42. The predicted octanol–water partition coefficient (Wildman–Crippen LogP) is 1.98. The Morgan fingerprint density at radius 2 is 2.00 bits per heavy atom. The van der Waals surface area contributed by atoms with Gasteiger partial charge in [-0.3, -0.25) is 19.7 Å². The Labute approximate surface area is 153 Å². The van der Waals surface area contributed by atoms with E-state index in [1.807, 2.05) is 18.0 Å². The molecule has 1 spiro atoms. The second kappa shape index (κ2) is 6.97. The monoisotopic (exact) mass is 352 g/mol. The van der Waals surface area contributed by atoms with Gasteiger partial charge in [-0.05, 0) is 26.2 Å². The fourth-order valence-electron chi connectivity index (χ4n) is 4.13. The lowest BCUT2D eigenvalue weighted by molar-refractivity contribution is -0.138. The molecule has 136 valence electrons. The van der Waals surface area contributed by atoms with Crippen molar-refractivity contribution in [3.05, 3.63) is 42.4 Å². The van der Waals surface area contributed by atoms with Gasteiger partial charge in [-0.2, -0.15) is 0 Å². The minimum atomic E-state index is 0.127. The summed E-state index contributed by atoms with van der Waals surface area (Å²) in [5.74, 6) is 1.15. The van der Waals surface area contributed by atoms with Gasteiger partial charge in [-0.15, -0.1) is 0 Å². The molecule has 0 N–H and O–H groups in total. The Kier molecular flexibility index (Phi) is 4.53. The van der Waals surface area contributed by atoms with Crippen molar-refractivity contribution in [3.63, 3.8) is 0 Å². The molecule has 2 aliphatic rings. The Bertz CT molecular complexity index is 765. The first-order chi connectivity index (χ1) is 12.6. The molecule has 0 unspecified atom stereocenters. The molecule has 2 aliphatic heterocycles. The smallest absolute Gasteiger partial charge is 0.222 e. The average Bonchev–Trinajstić information content (AvgIpc) is 2.68. The van der Waals surface area contributed by atoms with E-state index in [4.69, 9.17) is 0 Å². The van der Waals surface area contributed by atoms with Gasteiger partial charge in [0.05, 0.1) is 30.3 Å². The number of nitrogens with zero attached hydrogens (tertiary/aromatic N) is 6. The standard InChI is InChI=1S/C19H24N6O/c1-15-9-23-16(10-22-15)12-25-14-19(5-3-18(25)26)4-2-8-24(13-19)17-11-20-6-7-21-17/h6-7,9-11H,2-5,8,12-14H2,1H3/t19-/m1/s1. The van der Waals surface area contributed by atoms with Crippen LogP contribution in [0.5, 0.6) is 0 Å². The van der Waals surface area contributed by atoms with Crippen LogP contribution in [0, 0.1) is 12.3 Å². The molecule has 1 amide bonds. The van der Waals surface area contributed by atoms with Crippen molar-refractivity contribution in [1.82, 2.24) is 24.8 Å². The van der Waals surface area contributed by atoms with E-state index in [9.17, 15) is 4.79 Å². The van der Waals surface area contributed by atoms with E-state index in [0.29, 0.717) is 13.0 Å². The van der Waals surface area contributed by atoms with E-state index in [0.717, 1.165) is 56.1 Å². The SMILES string of the molecule is Cc1cnc(CN2C[C@]3(CCCN(c4cnccn4)C3)CCC2=O)cn1. The summed E-state index contributed by atoms with van der Waals surface area (Å²) >= 11 is 0. The number of aryl methyl sites for hydroxylation is 1. The van der Waals surface area contributed by atoms with Crippen molar-refractivity contribution in [1.29, 1.82) is 0 Å². The average molecular weight is 352 g/mol. The number of hydrogen-bond acceptors (Lipinski definition) is 6. The highest BCUT2D eigenvalue weighted by atomic mass is 16.2. The molecule has 7 nitrogen and oxygen atoms in total. The molecule has 0 saturated carbocycles. The number of hydrogen-bond donors (Lipinski definition) is 0. The second-order valence-electron chi connectivity index (χ2n) is 7.49. The molecule has 4 rings (SSSR count). The Morgan fingerprint density at radius 3 is 2.77 bits per heavy atom. The van der Waals surface area contributed by atoms with Crippen molar-refractivity contribution in [3.8, 4) is 0 Å². The van der Waals surface area contributed by atoms with Crippen LogP contribution in [0.2, 0.25) is 0 Å². The summed E-state index contributed by atoms with van der Waals surface area (Å²) in [4.78, 5) is 34.1. The molecule has 26 heavy (non-hydrogen) atoms. The molecule has 0 bridgehead atoms. The molecule has 0 aliphatic carbocycles. The molecular weight excluding hydrogens is 328 g/mol. The van der Waals surface area contributed by atoms with E-state index in [-0.39, 0.29) is 11.3 Å². The summed E-state index contributed by atoms with van der Waals surface area (Å²) in [6, 6.07) is 0. The predicted molar refractivity (Wildman–Crippen MR) is 97.3 cm³/mol. The molecule has 4 heterocycles. The van der Waals surface area contributed by atoms with E-state index in [1.54, 1.807) is 24.8 Å². The third kappa shape index (κ3) is 3.52. The van der Waals surface area contributed by atoms with Crippen LogP contribution in [-0.4, -0.2) is 50.4 Å². The zero-order valence-electron chi connectivity index (χ0n) is 15.1. The topological polar surface area (TPSA) is 75.1 Å². The number of carbonyl (C=O) groups excluding carboxylic acids is 1. The highest BCUT2D eigenvalue weighted by molar-refractivity contribution is 5.77.